The monoisotopic (exact) mass is 423 g/mol. The fraction of sp³-hybridized carbons (Fsp3) is 0.0556. The Morgan fingerprint density at radius 3 is 2.61 bits per heavy atom. The van der Waals surface area contributed by atoms with Gasteiger partial charge in [-0.2, -0.15) is 4.98 Å². The number of aromatic amines is 1. The van der Waals surface area contributed by atoms with E-state index in [4.69, 9.17) is 5.73 Å². The van der Waals surface area contributed by atoms with Crippen molar-refractivity contribution in [3.8, 4) is 0 Å². The molecular weight excluding hydrogens is 410 g/mol. The molecule has 4 aromatic rings. The number of carboxylic acids is 1. The summed E-state index contributed by atoms with van der Waals surface area (Å²) in [6.45, 7) is 0.0401. The third-order valence-corrected chi connectivity index (χ3v) is 4.39. The molecule has 0 saturated carbocycles. The number of benzene rings is 1. The van der Waals surface area contributed by atoms with Crippen molar-refractivity contribution in [3.63, 3.8) is 0 Å². The fourth-order valence-electron chi connectivity index (χ4n) is 2.87. The Kier molecular flexibility index (Phi) is 4.54. The van der Waals surface area contributed by atoms with Gasteiger partial charge in [-0.3, -0.25) is 14.4 Å². The Morgan fingerprint density at radius 1 is 1.13 bits per heavy atom. The number of nitrogens with one attached hydrogen (secondary N) is 3. The third kappa shape index (κ3) is 3.50. The molecule has 4 rings (SSSR count). The van der Waals surface area contributed by atoms with Gasteiger partial charge in [0.25, 0.3) is 22.5 Å². The van der Waals surface area contributed by atoms with Crippen LogP contribution in [0.25, 0.3) is 5.78 Å². The molecule has 13 nitrogen and oxygen atoms in total. The van der Waals surface area contributed by atoms with E-state index in [1.165, 1.54) is 0 Å². The highest BCUT2D eigenvalue weighted by Crippen LogP contribution is 2.19. The molecule has 0 aliphatic heterocycles. The quantitative estimate of drug-likeness (QED) is 0.239. The SMILES string of the molecule is Nc1c(Nc2cccc(CNC(=O)c3cc(C(=O)O)n4[nH]c(=O)nc4n3)c2)c(=O)c1=O. The first-order valence-corrected chi connectivity index (χ1v) is 8.70. The van der Waals surface area contributed by atoms with Gasteiger partial charge in [-0.1, -0.05) is 12.1 Å². The van der Waals surface area contributed by atoms with Gasteiger partial charge >= 0.3 is 11.7 Å². The maximum atomic E-state index is 12.5. The molecule has 2 aromatic carbocycles. The lowest BCUT2D eigenvalue weighted by molar-refractivity contribution is 0.0687. The third-order valence-electron chi connectivity index (χ3n) is 4.39. The standard InChI is InChI=1S/C18H13N7O6/c19-11-12(14(27)13(11)26)21-8-3-1-2-7(4-8)6-20-15(28)9-5-10(16(29)30)25-17(22-9)23-18(31)24-25/h1-5,21H,6,19H2,(H,20,28)(H,24,31)(H,29,30). The van der Waals surface area contributed by atoms with Gasteiger partial charge in [0.1, 0.15) is 17.1 Å². The molecule has 2 heterocycles. The summed E-state index contributed by atoms with van der Waals surface area (Å²) < 4.78 is 0.865. The highest BCUT2D eigenvalue weighted by molar-refractivity contribution is 5.95. The van der Waals surface area contributed by atoms with E-state index in [9.17, 15) is 29.1 Å². The molecular formula is C18H13N7O6. The predicted octanol–water partition coefficient (Wildman–Crippen LogP) is -1.03. The number of nitrogens with zero attached hydrogens (tertiary/aromatic N) is 3. The van der Waals surface area contributed by atoms with E-state index >= 15 is 0 Å². The second-order valence-electron chi connectivity index (χ2n) is 6.45. The van der Waals surface area contributed by atoms with Crippen LogP contribution < -0.4 is 32.9 Å². The average molecular weight is 423 g/mol. The van der Waals surface area contributed by atoms with Crippen molar-refractivity contribution < 1.29 is 14.7 Å². The van der Waals surface area contributed by atoms with Gasteiger partial charge in [0.05, 0.1) is 0 Å². The van der Waals surface area contributed by atoms with Crippen LogP contribution in [-0.2, 0) is 6.54 Å². The first-order chi connectivity index (χ1) is 14.7. The van der Waals surface area contributed by atoms with Crippen LogP contribution in [-0.4, -0.2) is 36.6 Å². The van der Waals surface area contributed by atoms with Crippen molar-refractivity contribution in [1.29, 1.82) is 0 Å². The van der Waals surface area contributed by atoms with Crippen LogP contribution in [0.3, 0.4) is 0 Å². The number of amides is 1. The minimum absolute atomic E-state index is 0.0131. The molecule has 0 aliphatic carbocycles. The predicted molar refractivity (Wildman–Crippen MR) is 107 cm³/mol. The molecule has 0 fully saturated rings. The zero-order valence-electron chi connectivity index (χ0n) is 15.5. The van der Waals surface area contributed by atoms with Crippen LogP contribution in [0.5, 0.6) is 0 Å². The minimum atomic E-state index is -1.38. The topological polar surface area (TPSA) is 202 Å². The Morgan fingerprint density at radius 2 is 1.90 bits per heavy atom. The molecule has 0 aliphatic rings. The number of nitrogen functional groups attached to an aromatic ring is 1. The molecule has 0 spiro atoms. The summed E-state index contributed by atoms with van der Waals surface area (Å²) in [5, 5.41) is 16.8. The molecule has 31 heavy (non-hydrogen) atoms. The molecule has 13 heteroatoms. The van der Waals surface area contributed by atoms with Crippen molar-refractivity contribution in [2.24, 2.45) is 0 Å². The maximum absolute atomic E-state index is 12.5. The molecule has 0 saturated heterocycles. The van der Waals surface area contributed by atoms with Gasteiger partial charge in [-0.05, 0) is 17.7 Å². The number of anilines is 3. The Labute approximate surface area is 170 Å². The van der Waals surface area contributed by atoms with Crippen LogP contribution in [0.4, 0.5) is 17.1 Å². The number of nitrogens with two attached hydrogens (primary N) is 1. The number of hydrogen-bond acceptors (Lipinski definition) is 9. The van der Waals surface area contributed by atoms with Crippen molar-refractivity contribution >= 4 is 34.7 Å². The summed E-state index contributed by atoms with van der Waals surface area (Å²) in [5.41, 5.74) is 3.60. The van der Waals surface area contributed by atoms with Gasteiger partial charge in [-0.15, -0.1) is 0 Å². The molecule has 0 unspecified atom stereocenters. The smallest absolute Gasteiger partial charge is 0.363 e. The van der Waals surface area contributed by atoms with Crippen LogP contribution >= 0.6 is 0 Å². The summed E-state index contributed by atoms with van der Waals surface area (Å²) in [5.74, 6) is -2.33. The first-order valence-electron chi connectivity index (χ1n) is 8.70. The Bertz CT molecular complexity index is 1490. The van der Waals surface area contributed by atoms with Crippen LogP contribution in [0.15, 0.2) is 44.7 Å². The van der Waals surface area contributed by atoms with Gasteiger partial charge in [0, 0.05) is 18.3 Å². The van der Waals surface area contributed by atoms with E-state index in [1.54, 1.807) is 24.3 Å². The number of carbonyl (C=O) groups excluding carboxylic acids is 1. The molecule has 0 atom stereocenters. The lowest BCUT2D eigenvalue weighted by atomic mass is 10.1. The number of H-pyrrole nitrogens is 1. The summed E-state index contributed by atoms with van der Waals surface area (Å²) >= 11 is 0. The van der Waals surface area contributed by atoms with E-state index < -0.39 is 28.4 Å². The molecule has 0 radical (unpaired) electrons. The number of fused-ring (bicyclic) bond motifs is 1. The van der Waals surface area contributed by atoms with E-state index in [-0.39, 0.29) is 35.1 Å². The van der Waals surface area contributed by atoms with Gasteiger partial charge in [0.2, 0.25) is 0 Å². The minimum Gasteiger partial charge on any atom is -0.477 e. The lowest BCUT2D eigenvalue weighted by Crippen LogP contribution is -2.36. The van der Waals surface area contributed by atoms with E-state index in [2.05, 4.69) is 25.7 Å². The second-order valence-corrected chi connectivity index (χ2v) is 6.45. The number of aromatic nitrogens is 4. The highest BCUT2D eigenvalue weighted by Gasteiger charge is 2.19. The van der Waals surface area contributed by atoms with Crippen molar-refractivity contribution in [2.75, 3.05) is 11.1 Å². The molecule has 2 aromatic heterocycles. The van der Waals surface area contributed by atoms with Gasteiger partial charge in [-0.25, -0.2) is 24.2 Å². The van der Waals surface area contributed by atoms with Crippen LogP contribution in [0.1, 0.15) is 26.5 Å². The second kappa shape index (κ2) is 7.22. The van der Waals surface area contributed by atoms with E-state index in [1.807, 2.05) is 0 Å². The maximum Gasteiger partial charge on any atom is 0.363 e. The average Bonchev–Trinajstić information content (AvgIpc) is 3.14. The Hall–Kier alpha value is -4.81. The number of aromatic carboxylic acids is 1. The number of rotatable bonds is 6. The number of carboxylic acid groups (broad SMARTS) is 1. The lowest BCUT2D eigenvalue weighted by Gasteiger charge is -2.11. The van der Waals surface area contributed by atoms with Crippen LogP contribution in [0.2, 0.25) is 0 Å². The highest BCUT2D eigenvalue weighted by atomic mass is 16.4. The first kappa shape index (κ1) is 19.5. The van der Waals surface area contributed by atoms with Crippen molar-refractivity contribution in [2.45, 2.75) is 6.54 Å². The van der Waals surface area contributed by atoms with Crippen molar-refractivity contribution in [3.05, 3.63) is 78.2 Å². The summed E-state index contributed by atoms with van der Waals surface area (Å²) in [4.78, 5) is 65.4. The van der Waals surface area contributed by atoms with Gasteiger partial charge < -0.3 is 21.5 Å². The molecule has 156 valence electrons. The normalized spacial score (nSPS) is 11.0. The van der Waals surface area contributed by atoms with Crippen LogP contribution in [0, 0.1) is 0 Å². The largest absolute Gasteiger partial charge is 0.477 e. The summed E-state index contributed by atoms with van der Waals surface area (Å²) in [6.07, 6.45) is 0. The van der Waals surface area contributed by atoms with E-state index in [0.29, 0.717) is 11.3 Å². The summed E-state index contributed by atoms with van der Waals surface area (Å²) in [7, 11) is 0. The van der Waals surface area contributed by atoms with E-state index in [0.717, 1.165) is 10.6 Å². The van der Waals surface area contributed by atoms with Gasteiger partial charge in [0.15, 0.2) is 5.69 Å². The fourth-order valence-corrected chi connectivity index (χ4v) is 2.87. The van der Waals surface area contributed by atoms with Crippen molar-refractivity contribution in [1.82, 2.24) is 24.9 Å². The number of carbonyl (C=O) groups is 2. The Balaban J connectivity index is 1.52. The molecule has 6 N–H and O–H groups in total. The number of hydrogen-bond donors (Lipinski definition) is 5. The molecule has 1 amide bonds. The summed E-state index contributed by atoms with van der Waals surface area (Å²) in [6, 6.07) is 7.64. The zero-order valence-corrected chi connectivity index (χ0v) is 15.5. The zero-order chi connectivity index (χ0) is 22.3. The molecule has 0 bridgehead atoms.